The number of benzene rings is 2. The van der Waals surface area contributed by atoms with Crippen LogP contribution in [0.25, 0.3) is 10.9 Å². The number of nitrogens with zero attached hydrogens (tertiary/aromatic N) is 3. The Morgan fingerprint density at radius 1 is 1.16 bits per heavy atom. The highest BCUT2D eigenvalue weighted by molar-refractivity contribution is 5.83. The molecule has 2 aliphatic heterocycles. The topological polar surface area (TPSA) is 67.6 Å². The average Bonchev–Trinajstić information content (AvgIpc) is 3.11. The molecule has 1 atom stereocenters. The van der Waals surface area contributed by atoms with E-state index in [9.17, 15) is 9.90 Å². The van der Waals surface area contributed by atoms with E-state index in [2.05, 4.69) is 29.2 Å². The van der Waals surface area contributed by atoms with E-state index in [0.717, 1.165) is 56.2 Å². The first-order valence-corrected chi connectivity index (χ1v) is 11.1. The van der Waals surface area contributed by atoms with Gasteiger partial charge in [-0.1, -0.05) is 30.3 Å². The number of aliphatic hydroxyl groups is 1. The Labute approximate surface area is 181 Å². The normalized spacial score (nSPS) is 20.5. The van der Waals surface area contributed by atoms with Crippen LogP contribution in [0.15, 0.2) is 41.2 Å². The molecule has 1 saturated carbocycles. The minimum absolute atomic E-state index is 0.00153. The van der Waals surface area contributed by atoms with Crippen LogP contribution in [0.2, 0.25) is 0 Å². The minimum atomic E-state index is -0.687. The molecule has 31 heavy (non-hydrogen) atoms. The molecule has 1 aromatic heterocycles. The summed E-state index contributed by atoms with van der Waals surface area (Å²) in [6, 6.07) is 12.4. The maximum Gasteiger partial charge on any atom is 0.263 e. The zero-order chi connectivity index (χ0) is 21.3. The second kappa shape index (κ2) is 6.65. The number of aromatic nitrogens is 2. The monoisotopic (exact) mass is 417 g/mol. The van der Waals surface area contributed by atoms with Gasteiger partial charge >= 0.3 is 0 Å². The van der Waals surface area contributed by atoms with Gasteiger partial charge in [-0.2, -0.15) is 0 Å². The molecule has 0 bridgehead atoms. The van der Waals surface area contributed by atoms with Gasteiger partial charge in [0.25, 0.3) is 5.56 Å². The van der Waals surface area contributed by atoms with E-state index in [1.54, 1.807) is 6.92 Å². The van der Waals surface area contributed by atoms with Crippen LogP contribution in [0.5, 0.6) is 0 Å². The van der Waals surface area contributed by atoms with Gasteiger partial charge < -0.3 is 14.7 Å². The summed E-state index contributed by atoms with van der Waals surface area (Å²) in [4.78, 5) is 21.1. The van der Waals surface area contributed by atoms with Gasteiger partial charge in [-0.05, 0) is 49.4 Å². The fraction of sp³-hybridized carbons (Fsp3) is 0.440. The first-order valence-electron chi connectivity index (χ1n) is 11.1. The lowest BCUT2D eigenvalue weighted by Crippen LogP contribution is -2.54. The first kappa shape index (κ1) is 19.0. The maximum atomic E-state index is 13.8. The second-order valence-corrected chi connectivity index (χ2v) is 9.69. The van der Waals surface area contributed by atoms with Gasteiger partial charge in [0.1, 0.15) is 0 Å². The van der Waals surface area contributed by atoms with Crippen LogP contribution in [-0.2, 0) is 17.8 Å². The smallest absolute Gasteiger partial charge is 0.263 e. The lowest BCUT2D eigenvalue weighted by atomic mass is 9.64. The molecule has 2 aromatic carbocycles. The highest BCUT2D eigenvalue weighted by atomic mass is 16.5. The molecule has 6 heteroatoms. The summed E-state index contributed by atoms with van der Waals surface area (Å²) in [5.41, 5.74) is 5.11. The van der Waals surface area contributed by atoms with E-state index >= 15 is 0 Å². The summed E-state index contributed by atoms with van der Waals surface area (Å²) in [5, 5.41) is 11.0. The number of fused-ring (bicyclic) bond motifs is 2. The van der Waals surface area contributed by atoms with E-state index in [1.807, 2.05) is 23.6 Å². The summed E-state index contributed by atoms with van der Waals surface area (Å²) in [6.45, 7) is 6.78. The molecule has 6 nitrogen and oxygen atoms in total. The van der Waals surface area contributed by atoms with Crippen molar-refractivity contribution in [2.75, 3.05) is 18.1 Å². The summed E-state index contributed by atoms with van der Waals surface area (Å²) in [7, 11) is 0. The number of hydrogen-bond donors (Lipinski definition) is 1. The molecular weight excluding hydrogens is 390 g/mol. The Morgan fingerprint density at radius 3 is 2.42 bits per heavy atom. The van der Waals surface area contributed by atoms with Crippen LogP contribution in [0, 0.1) is 12.3 Å². The predicted octanol–water partition coefficient (Wildman–Crippen LogP) is 3.63. The third-order valence-electron chi connectivity index (χ3n) is 7.25. The molecule has 6 rings (SSSR count). The molecule has 1 aliphatic carbocycles. The predicted molar refractivity (Wildman–Crippen MR) is 119 cm³/mol. The van der Waals surface area contributed by atoms with Gasteiger partial charge in [-0.25, -0.2) is 4.98 Å². The number of aryl methyl sites for hydroxylation is 1. The van der Waals surface area contributed by atoms with Gasteiger partial charge in [0.15, 0.2) is 0 Å². The number of anilines is 1. The molecule has 160 valence electrons. The Hall–Kier alpha value is -2.70. The molecule has 3 heterocycles. The summed E-state index contributed by atoms with van der Waals surface area (Å²) < 4.78 is 7.39. The Bertz CT molecular complexity index is 1230. The summed E-state index contributed by atoms with van der Waals surface area (Å²) in [6.07, 6.45) is 1.24. The van der Waals surface area contributed by atoms with Crippen molar-refractivity contribution in [1.82, 2.24) is 9.55 Å². The van der Waals surface area contributed by atoms with E-state index in [-0.39, 0.29) is 17.0 Å². The third-order valence-corrected chi connectivity index (χ3v) is 7.25. The molecule has 1 spiro atoms. The van der Waals surface area contributed by atoms with Crippen molar-refractivity contribution in [3.05, 3.63) is 69.0 Å². The van der Waals surface area contributed by atoms with E-state index in [0.29, 0.717) is 10.9 Å². The standard InChI is InChI=1S/C25H27N3O3/c1-15-7-20(16(2)29)22-21(8-15)23(30)28(19-9-25(10-19)13-31-14-25)24(26-22)27-11-17-5-3-4-6-18(17)12-27/h3-8,16,19,29H,9-14H2,1-2H3. The van der Waals surface area contributed by atoms with Crippen LogP contribution >= 0.6 is 0 Å². The zero-order valence-corrected chi connectivity index (χ0v) is 18.0. The quantitative estimate of drug-likeness (QED) is 0.705. The van der Waals surface area contributed by atoms with Crippen molar-refractivity contribution in [2.24, 2.45) is 5.41 Å². The van der Waals surface area contributed by atoms with Crippen molar-refractivity contribution in [2.45, 2.75) is 51.9 Å². The van der Waals surface area contributed by atoms with Crippen molar-refractivity contribution in [3.8, 4) is 0 Å². The SMILES string of the molecule is Cc1cc(C(C)O)c2nc(N3Cc4ccccc4C3)n(C3CC4(COC4)C3)c(=O)c2c1. The van der Waals surface area contributed by atoms with Crippen LogP contribution in [0.3, 0.4) is 0 Å². The molecule has 0 amide bonds. The number of hydrogen-bond acceptors (Lipinski definition) is 5. The number of aliphatic hydroxyl groups excluding tert-OH is 1. The Balaban J connectivity index is 1.53. The van der Waals surface area contributed by atoms with Crippen LogP contribution < -0.4 is 10.5 Å². The van der Waals surface area contributed by atoms with Crippen LogP contribution in [0.1, 0.15) is 54.2 Å². The minimum Gasteiger partial charge on any atom is -0.389 e. The van der Waals surface area contributed by atoms with Gasteiger partial charge in [0, 0.05) is 30.1 Å². The molecule has 3 aliphatic rings. The van der Waals surface area contributed by atoms with Crippen molar-refractivity contribution in [1.29, 1.82) is 0 Å². The van der Waals surface area contributed by atoms with Crippen LogP contribution in [-0.4, -0.2) is 27.9 Å². The van der Waals surface area contributed by atoms with Crippen molar-refractivity contribution >= 4 is 16.9 Å². The van der Waals surface area contributed by atoms with E-state index in [4.69, 9.17) is 9.72 Å². The highest BCUT2D eigenvalue weighted by Gasteiger charge is 2.51. The molecule has 2 fully saturated rings. The lowest BCUT2D eigenvalue weighted by molar-refractivity contribution is -0.174. The lowest BCUT2D eigenvalue weighted by Gasteiger charge is -2.53. The summed E-state index contributed by atoms with van der Waals surface area (Å²) in [5.74, 6) is 0.722. The van der Waals surface area contributed by atoms with Crippen LogP contribution in [0.4, 0.5) is 5.95 Å². The summed E-state index contributed by atoms with van der Waals surface area (Å²) >= 11 is 0. The molecular formula is C25H27N3O3. The number of ether oxygens (including phenoxy) is 1. The van der Waals surface area contributed by atoms with E-state index < -0.39 is 6.10 Å². The largest absolute Gasteiger partial charge is 0.389 e. The molecule has 1 unspecified atom stereocenters. The van der Waals surface area contributed by atoms with Crippen molar-refractivity contribution in [3.63, 3.8) is 0 Å². The average molecular weight is 418 g/mol. The van der Waals surface area contributed by atoms with Gasteiger partial charge in [0.2, 0.25) is 5.95 Å². The Morgan fingerprint density at radius 2 is 1.84 bits per heavy atom. The van der Waals surface area contributed by atoms with Gasteiger partial charge in [-0.3, -0.25) is 9.36 Å². The molecule has 1 saturated heterocycles. The fourth-order valence-corrected chi connectivity index (χ4v) is 5.56. The van der Waals surface area contributed by atoms with E-state index in [1.165, 1.54) is 11.1 Å². The number of rotatable bonds is 3. The maximum absolute atomic E-state index is 13.8. The first-order chi connectivity index (χ1) is 14.9. The highest BCUT2D eigenvalue weighted by Crippen LogP contribution is 2.53. The zero-order valence-electron chi connectivity index (χ0n) is 18.0. The van der Waals surface area contributed by atoms with Crippen molar-refractivity contribution < 1.29 is 9.84 Å². The Kier molecular flexibility index (Phi) is 4.08. The van der Waals surface area contributed by atoms with Gasteiger partial charge in [0.05, 0.1) is 30.2 Å². The fourth-order valence-electron chi connectivity index (χ4n) is 5.56. The van der Waals surface area contributed by atoms with Gasteiger partial charge in [-0.15, -0.1) is 0 Å². The third kappa shape index (κ3) is 2.85. The second-order valence-electron chi connectivity index (χ2n) is 9.69. The molecule has 1 N–H and O–H groups in total. The molecule has 3 aromatic rings. The molecule has 0 radical (unpaired) electrons.